The van der Waals surface area contributed by atoms with Crippen LogP contribution in [0.1, 0.15) is 17.3 Å². The lowest BCUT2D eigenvalue weighted by atomic mass is 10.0. The summed E-state index contributed by atoms with van der Waals surface area (Å²) in [5.74, 6) is -0.412. The number of nitrogens with zero attached hydrogens (tertiary/aromatic N) is 1. The first-order valence-electron chi connectivity index (χ1n) is 6.50. The highest BCUT2D eigenvalue weighted by molar-refractivity contribution is 5.83. The van der Waals surface area contributed by atoms with Gasteiger partial charge in [0.05, 0.1) is 17.6 Å². The number of rotatable bonds is 1. The molecule has 1 saturated heterocycles. The Morgan fingerprint density at radius 2 is 1.86 bits per heavy atom. The van der Waals surface area contributed by atoms with Crippen molar-refractivity contribution in [3.8, 4) is 0 Å². The van der Waals surface area contributed by atoms with Crippen LogP contribution in [0.2, 0.25) is 0 Å². The Bertz CT molecular complexity index is 582. The van der Waals surface area contributed by atoms with Crippen molar-refractivity contribution in [1.82, 2.24) is 15.5 Å². The third-order valence-corrected chi connectivity index (χ3v) is 3.81. The molecule has 0 bridgehead atoms. The predicted molar refractivity (Wildman–Crippen MR) is 69.6 cm³/mol. The maximum atomic E-state index is 12.6. The third kappa shape index (κ3) is 2.49. The molecule has 3 atom stereocenters. The van der Waals surface area contributed by atoms with Crippen LogP contribution >= 0.6 is 0 Å². The highest BCUT2D eigenvalue weighted by atomic mass is 19.4. The molecule has 112 valence electrons. The molecular weight excluding hydrogens is 283 g/mol. The molecule has 0 spiro atoms. The minimum absolute atomic E-state index is 0.135. The van der Waals surface area contributed by atoms with E-state index in [0.29, 0.717) is 5.56 Å². The van der Waals surface area contributed by atoms with Gasteiger partial charge in [-0.3, -0.25) is 10.1 Å². The highest BCUT2D eigenvalue weighted by Crippen LogP contribution is 2.31. The van der Waals surface area contributed by atoms with Crippen LogP contribution in [0.5, 0.6) is 0 Å². The molecule has 1 fully saturated rings. The van der Waals surface area contributed by atoms with Crippen LogP contribution in [-0.4, -0.2) is 24.0 Å². The van der Waals surface area contributed by atoms with E-state index in [9.17, 15) is 18.0 Å². The summed E-state index contributed by atoms with van der Waals surface area (Å²) in [6, 6.07) is 4.80. The van der Waals surface area contributed by atoms with Gasteiger partial charge in [0.1, 0.15) is 6.17 Å². The molecule has 0 aliphatic carbocycles. The van der Waals surface area contributed by atoms with Crippen molar-refractivity contribution in [2.75, 3.05) is 7.05 Å². The van der Waals surface area contributed by atoms with Gasteiger partial charge in [-0.15, -0.1) is 0 Å². The summed E-state index contributed by atoms with van der Waals surface area (Å²) in [6.07, 6.45) is -1.41. The first-order chi connectivity index (χ1) is 9.86. The molecule has 2 heterocycles. The zero-order valence-electron chi connectivity index (χ0n) is 11.2. The molecule has 1 amide bonds. The molecule has 21 heavy (non-hydrogen) atoms. The van der Waals surface area contributed by atoms with Gasteiger partial charge in [0, 0.05) is 7.05 Å². The second-order valence-corrected chi connectivity index (χ2v) is 5.21. The molecule has 4 nitrogen and oxygen atoms in total. The van der Waals surface area contributed by atoms with E-state index in [4.69, 9.17) is 0 Å². The number of hydrogen-bond donors (Lipinski definition) is 2. The van der Waals surface area contributed by atoms with E-state index in [1.54, 1.807) is 6.08 Å². The van der Waals surface area contributed by atoms with Crippen LogP contribution in [0.4, 0.5) is 13.2 Å². The molecule has 1 aromatic rings. The number of carbonyl (C=O) groups is 1. The van der Waals surface area contributed by atoms with E-state index in [1.165, 1.54) is 12.1 Å². The largest absolute Gasteiger partial charge is 0.416 e. The van der Waals surface area contributed by atoms with Gasteiger partial charge in [0.25, 0.3) is 0 Å². The molecule has 0 radical (unpaired) electrons. The Hall–Kier alpha value is -2.02. The lowest BCUT2D eigenvalue weighted by molar-refractivity contribution is -0.137. The summed E-state index contributed by atoms with van der Waals surface area (Å²) in [7, 11) is 1.84. The zero-order chi connectivity index (χ0) is 15.2. The van der Waals surface area contributed by atoms with E-state index in [0.717, 1.165) is 12.1 Å². The summed E-state index contributed by atoms with van der Waals surface area (Å²) in [4.78, 5) is 13.9. The van der Waals surface area contributed by atoms with Crippen molar-refractivity contribution in [2.24, 2.45) is 5.92 Å². The second-order valence-electron chi connectivity index (χ2n) is 5.21. The number of halogens is 3. The Morgan fingerprint density at radius 3 is 2.48 bits per heavy atom. The first-order valence-corrected chi connectivity index (χ1v) is 6.50. The fraction of sp³-hybridized carbons (Fsp3) is 0.357. The summed E-state index contributed by atoms with van der Waals surface area (Å²) < 4.78 is 37.7. The molecule has 1 aromatic carbocycles. The van der Waals surface area contributed by atoms with E-state index in [2.05, 4.69) is 10.6 Å². The average Bonchev–Trinajstić information content (AvgIpc) is 2.80. The zero-order valence-corrected chi connectivity index (χ0v) is 11.2. The number of amides is 1. The number of hydrogen-bond acceptors (Lipinski definition) is 3. The van der Waals surface area contributed by atoms with E-state index >= 15 is 0 Å². The lowest BCUT2D eigenvalue weighted by Gasteiger charge is -2.37. The smallest absolute Gasteiger partial charge is 0.364 e. The number of carbonyl (C=O) groups excluding carboxylic acids is 1. The van der Waals surface area contributed by atoms with Crippen molar-refractivity contribution in [3.63, 3.8) is 0 Å². The highest BCUT2D eigenvalue weighted by Gasteiger charge is 2.39. The van der Waals surface area contributed by atoms with Crippen LogP contribution < -0.4 is 10.6 Å². The molecular formula is C14H14F3N3O. The van der Waals surface area contributed by atoms with Crippen molar-refractivity contribution in [3.05, 3.63) is 47.7 Å². The van der Waals surface area contributed by atoms with Gasteiger partial charge in [-0.1, -0.05) is 18.2 Å². The van der Waals surface area contributed by atoms with Crippen LogP contribution in [0.25, 0.3) is 0 Å². The van der Waals surface area contributed by atoms with Crippen LogP contribution in [0.15, 0.2) is 36.5 Å². The van der Waals surface area contributed by atoms with E-state index in [-0.39, 0.29) is 18.0 Å². The fourth-order valence-electron chi connectivity index (χ4n) is 2.63. The van der Waals surface area contributed by atoms with Crippen LogP contribution in [-0.2, 0) is 11.0 Å². The minimum Gasteiger partial charge on any atom is -0.364 e. The lowest BCUT2D eigenvalue weighted by Crippen LogP contribution is -2.58. The number of fused-ring (bicyclic) bond motifs is 1. The number of benzene rings is 1. The van der Waals surface area contributed by atoms with Gasteiger partial charge in [-0.2, -0.15) is 13.2 Å². The first kappa shape index (κ1) is 13.9. The monoisotopic (exact) mass is 297 g/mol. The normalized spacial score (nSPS) is 28.5. The maximum Gasteiger partial charge on any atom is 0.416 e. The van der Waals surface area contributed by atoms with Crippen molar-refractivity contribution >= 4 is 5.91 Å². The van der Waals surface area contributed by atoms with E-state index in [1.807, 2.05) is 18.1 Å². The average molecular weight is 297 g/mol. The molecule has 2 aliphatic heterocycles. The Labute approximate surface area is 119 Å². The van der Waals surface area contributed by atoms with Gasteiger partial charge in [0.15, 0.2) is 0 Å². The minimum atomic E-state index is -4.36. The number of nitrogens with one attached hydrogen (secondary N) is 2. The maximum absolute atomic E-state index is 12.6. The van der Waals surface area contributed by atoms with Crippen LogP contribution in [0, 0.1) is 5.92 Å². The molecule has 7 heteroatoms. The molecule has 2 N–H and O–H groups in total. The second kappa shape index (κ2) is 4.77. The Kier molecular flexibility index (Phi) is 3.16. The van der Waals surface area contributed by atoms with Gasteiger partial charge < -0.3 is 10.2 Å². The third-order valence-electron chi connectivity index (χ3n) is 3.81. The predicted octanol–water partition coefficient (Wildman–Crippen LogP) is 1.82. The standard InChI is InChI=1S/C14H14F3N3O/c1-20-7-6-10-12(20)18-11(19-13(10)21)8-2-4-9(5-3-8)14(15,16)17/h2-7,10-12,18H,1H3,(H,19,21). The molecule has 0 saturated carbocycles. The summed E-state index contributed by atoms with van der Waals surface area (Å²) in [6.45, 7) is 0. The van der Waals surface area contributed by atoms with E-state index < -0.39 is 17.9 Å². The van der Waals surface area contributed by atoms with Crippen molar-refractivity contribution in [2.45, 2.75) is 18.5 Å². The molecule has 3 unspecified atom stereocenters. The van der Waals surface area contributed by atoms with Gasteiger partial charge in [-0.05, 0) is 23.9 Å². The SMILES string of the molecule is CN1C=CC2C(=O)NC(c3ccc(C(F)(F)F)cc3)NC21. The fourth-order valence-corrected chi connectivity index (χ4v) is 2.63. The topological polar surface area (TPSA) is 44.4 Å². The molecule has 0 aromatic heterocycles. The van der Waals surface area contributed by atoms with Crippen molar-refractivity contribution < 1.29 is 18.0 Å². The summed E-state index contributed by atoms with van der Waals surface area (Å²) in [5, 5.41) is 5.99. The Morgan fingerprint density at radius 1 is 1.19 bits per heavy atom. The van der Waals surface area contributed by atoms with Crippen molar-refractivity contribution in [1.29, 1.82) is 0 Å². The van der Waals surface area contributed by atoms with Gasteiger partial charge in [0.2, 0.25) is 5.91 Å². The quantitative estimate of drug-likeness (QED) is 0.831. The Balaban J connectivity index is 1.80. The molecule has 3 rings (SSSR count). The van der Waals surface area contributed by atoms with Gasteiger partial charge >= 0.3 is 6.18 Å². The molecule has 2 aliphatic rings. The van der Waals surface area contributed by atoms with Gasteiger partial charge in [-0.25, -0.2) is 0 Å². The summed E-state index contributed by atoms with van der Waals surface area (Å²) in [5.41, 5.74) is -0.110. The van der Waals surface area contributed by atoms with Crippen LogP contribution in [0.3, 0.4) is 0 Å². The number of alkyl halides is 3. The summed E-state index contributed by atoms with van der Waals surface area (Å²) >= 11 is 0.